The Kier molecular flexibility index (Phi) is 6.68. The monoisotopic (exact) mass is 370 g/mol. The van der Waals surface area contributed by atoms with Gasteiger partial charge < -0.3 is 10.2 Å². The van der Waals surface area contributed by atoms with Crippen LogP contribution in [0.3, 0.4) is 0 Å². The van der Waals surface area contributed by atoms with E-state index in [-0.39, 0.29) is 11.9 Å². The summed E-state index contributed by atoms with van der Waals surface area (Å²) in [5.41, 5.74) is 0.444. The topological polar surface area (TPSA) is 108 Å². The van der Waals surface area contributed by atoms with E-state index in [4.69, 9.17) is 0 Å². The van der Waals surface area contributed by atoms with E-state index in [0.29, 0.717) is 31.0 Å². The molecule has 140 valence electrons. The van der Waals surface area contributed by atoms with E-state index < -0.39 is 10.2 Å². The highest BCUT2D eigenvalue weighted by molar-refractivity contribution is 7.87. The first-order chi connectivity index (χ1) is 11.8. The Morgan fingerprint density at radius 2 is 2.00 bits per heavy atom. The summed E-state index contributed by atoms with van der Waals surface area (Å²) < 4.78 is 27.2. The number of aromatic nitrogens is 2. The van der Waals surface area contributed by atoms with Gasteiger partial charge in [-0.3, -0.25) is 4.79 Å². The van der Waals surface area contributed by atoms with E-state index in [1.165, 1.54) is 26.5 Å². The predicted molar refractivity (Wildman–Crippen MR) is 95.5 cm³/mol. The molecule has 1 aliphatic rings. The van der Waals surface area contributed by atoms with E-state index in [1.807, 2.05) is 4.90 Å². The minimum Gasteiger partial charge on any atom is -0.357 e. The molecule has 1 fully saturated rings. The van der Waals surface area contributed by atoms with Crippen molar-refractivity contribution in [3.05, 3.63) is 18.0 Å². The number of amides is 1. The average molecular weight is 370 g/mol. The molecule has 0 radical (unpaired) electrons. The van der Waals surface area contributed by atoms with Gasteiger partial charge in [0.2, 0.25) is 5.95 Å². The van der Waals surface area contributed by atoms with Crippen molar-refractivity contribution in [1.82, 2.24) is 23.9 Å². The highest BCUT2D eigenvalue weighted by Crippen LogP contribution is 2.21. The lowest BCUT2D eigenvalue weighted by molar-refractivity contribution is 0.0603. The fraction of sp³-hybridized carbons (Fsp3) is 0.667. The second-order valence-electron chi connectivity index (χ2n) is 6.16. The molecular weight excluding hydrogens is 344 g/mol. The smallest absolute Gasteiger partial charge is 0.278 e. The SMILES string of the molecule is CNc1ncc(C(=O)N2CCCC[C@@H]2CCNS(=O)(=O)N(C)C)cn1. The van der Waals surface area contributed by atoms with Gasteiger partial charge in [-0.1, -0.05) is 0 Å². The van der Waals surface area contributed by atoms with Crippen LogP contribution in [0.1, 0.15) is 36.0 Å². The zero-order chi connectivity index (χ0) is 18.4. The molecule has 1 atom stereocenters. The van der Waals surface area contributed by atoms with E-state index in [9.17, 15) is 13.2 Å². The first kappa shape index (κ1) is 19.5. The van der Waals surface area contributed by atoms with Gasteiger partial charge in [0.05, 0.1) is 5.56 Å². The number of hydrogen-bond acceptors (Lipinski definition) is 6. The van der Waals surface area contributed by atoms with Gasteiger partial charge >= 0.3 is 0 Å². The van der Waals surface area contributed by atoms with Crippen LogP contribution in [-0.2, 0) is 10.2 Å². The van der Waals surface area contributed by atoms with Crippen molar-refractivity contribution in [2.24, 2.45) is 0 Å². The average Bonchev–Trinajstić information content (AvgIpc) is 2.61. The van der Waals surface area contributed by atoms with Gasteiger partial charge in [0.1, 0.15) is 0 Å². The van der Waals surface area contributed by atoms with E-state index >= 15 is 0 Å². The first-order valence-corrected chi connectivity index (χ1v) is 9.77. The van der Waals surface area contributed by atoms with Gasteiger partial charge in [0, 0.05) is 52.7 Å². The van der Waals surface area contributed by atoms with Crippen molar-refractivity contribution in [2.45, 2.75) is 31.7 Å². The van der Waals surface area contributed by atoms with Gasteiger partial charge in [-0.15, -0.1) is 0 Å². The van der Waals surface area contributed by atoms with Crippen LogP contribution in [0.2, 0.25) is 0 Å². The summed E-state index contributed by atoms with van der Waals surface area (Å²) in [6.07, 6.45) is 6.45. The molecule has 1 amide bonds. The van der Waals surface area contributed by atoms with E-state index in [2.05, 4.69) is 20.0 Å². The molecule has 1 saturated heterocycles. The standard InChI is InChI=1S/C15H26N6O3S/c1-16-15-17-10-12(11-18-15)14(22)21-9-5-4-6-13(21)7-8-19-25(23,24)20(2)3/h10-11,13,19H,4-9H2,1-3H3,(H,16,17,18)/t13-/m1/s1. The van der Waals surface area contributed by atoms with Crippen LogP contribution in [0.25, 0.3) is 0 Å². The van der Waals surface area contributed by atoms with Crippen molar-refractivity contribution in [3.8, 4) is 0 Å². The third-order valence-corrected chi connectivity index (χ3v) is 5.78. The molecule has 0 saturated carbocycles. The molecule has 2 N–H and O–H groups in total. The molecule has 0 bridgehead atoms. The quantitative estimate of drug-likeness (QED) is 0.715. The van der Waals surface area contributed by atoms with Crippen LogP contribution in [0.4, 0.5) is 5.95 Å². The molecule has 10 heteroatoms. The molecule has 1 aromatic rings. The summed E-state index contributed by atoms with van der Waals surface area (Å²) >= 11 is 0. The number of nitrogens with one attached hydrogen (secondary N) is 2. The summed E-state index contributed by atoms with van der Waals surface area (Å²) in [5.74, 6) is 0.354. The second-order valence-corrected chi connectivity index (χ2v) is 8.13. The van der Waals surface area contributed by atoms with Crippen molar-refractivity contribution in [3.63, 3.8) is 0 Å². The fourth-order valence-electron chi connectivity index (χ4n) is 2.79. The lowest BCUT2D eigenvalue weighted by Crippen LogP contribution is -2.46. The minimum absolute atomic E-state index is 0.00934. The molecule has 9 nitrogen and oxygen atoms in total. The number of hydrogen-bond donors (Lipinski definition) is 2. The van der Waals surface area contributed by atoms with Gasteiger partial charge in [-0.25, -0.2) is 14.7 Å². The summed E-state index contributed by atoms with van der Waals surface area (Å²) in [5, 5.41) is 2.82. The summed E-state index contributed by atoms with van der Waals surface area (Å²) in [6.45, 7) is 0.960. The zero-order valence-electron chi connectivity index (χ0n) is 14.9. The van der Waals surface area contributed by atoms with Crippen LogP contribution in [0.5, 0.6) is 0 Å². The van der Waals surface area contributed by atoms with Gasteiger partial charge in [-0.2, -0.15) is 12.7 Å². The molecular formula is C15H26N6O3S. The maximum Gasteiger partial charge on any atom is 0.278 e. The molecule has 0 aliphatic carbocycles. The largest absolute Gasteiger partial charge is 0.357 e. The van der Waals surface area contributed by atoms with Crippen LogP contribution >= 0.6 is 0 Å². The Labute approximate surface area is 149 Å². The van der Waals surface area contributed by atoms with Crippen LogP contribution in [-0.4, -0.2) is 73.8 Å². The lowest BCUT2D eigenvalue weighted by atomic mass is 9.98. The Bertz CT molecular complexity index is 677. The Balaban J connectivity index is 2.00. The Morgan fingerprint density at radius 3 is 2.60 bits per heavy atom. The molecule has 1 aromatic heterocycles. The molecule has 1 aliphatic heterocycles. The number of likely N-dealkylation sites (tertiary alicyclic amines) is 1. The zero-order valence-corrected chi connectivity index (χ0v) is 15.7. The number of carbonyl (C=O) groups is 1. The van der Waals surface area contributed by atoms with Crippen molar-refractivity contribution < 1.29 is 13.2 Å². The second kappa shape index (κ2) is 8.54. The predicted octanol–water partition coefficient (Wildman–Crippen LogP) is 0.299. The minimum atomic E-state index is -3.44. The number of piperidine rings is 1. The molecule has 0 spiro atoms. The first-order valence-electron chi connectivity index (χ1n) is 8.33. The van der Waals surface area contributed by atoms with E-state index in [1.54, 1.807) is 7.05 Å². The highest BCUT2D eigenvalue weighted by Gasteiger charge is 2.28. The molecule has 2 heterocycles. The highest BCUT2D eigenvalue weighted by atomic mass is 32.2. The summed E-state index contributed by atoms with van der Waals surface area (Å²) in [6, 6.07) is 0.00934. The van der Waals surface area contributed by atoms with E-state index in [0.717, 1.165) is 23.6 Å². The van der Waals surface area contributed by atoms with Gasteiger partial charge in [0.25, 0.3) is 16.1 Å². The lowest BCUT2D eigenvalue weighted by Gasteiger charge is -2.36. The van der Waals surface area contributed by atoms with Crippen LogP contribution < -0.4 is 10.0 Å². The normalized spacial score (nSPS) is 18.4. The third kappa shape index (κ3) is 5.10. The number of carbonyl (C=O) groups excluding carboxylic acids is 1. The van der Waals surface area contributed by atoms with Crippen LogP contribution in [0, 0.1) is 0 Å². The van der Waals surface area contributed by atoms with Crippen molar-refractivity contribution >= 4 is 22.1 Å². The third-order valence-electron chi connectivity index (χ3n) is 4.25. The number of nitrogens with zero attached hydrogens (tertiary/aromatic N) is 4. The number of rotatable bonds is 7. The summed E-state index contributed by atoms with van der Waals surface area (Å²) in [7, 11) is 1.23. The molecule has 2 rings (SSSR count). The van der Waals surface area contributed by atoms with Gasteiger partial charge in [-0.05, 0) is 25.7 Å². The Morgan fingerprint density at radius 1 is 1.32 bits per heavy atom. The maximum absolute atomic E-state index is 12.8. The maximum atomic E-state index is 12.8. The van der Waals surface area contributed by atoms with Crippen molar-refractivity contribution in [2.75, 3.05) is 39.5 Å². The Hall–Kier alpha value is -1.78. The number of anilines is 1. The fourth-order valence-corrected chi connectivity index (χ4v) is 3.42. The molecule has 0 unspecified atom stereocenters. The van der Waals surface area contributed by atoms with Gasteiger partial charge in [0.15, 0.2) is 0 Å². The van der Waals surface area contributed by atoms with Crippen LogP contribution in [0.15, 0.2) is 12.4 Å². The van der Waals surface area contributed by atoms with Crippen molar-refractivity contribution in [1.29, 1.82) is 0 Å². The summed E-state index contributed by atoms with van der Waals surface area (Å²) in [4.78, 5) is 22.7. The molecule has 25 heavy (non-hydrogen) atoms. The molecule has 0 aromatic carbocycles.